The molecule has 1 N–H and O–H groups in total. The van der Waals surface area contributed by atoms with E-state index in [9.17, 15) is 4.39 Å². The topological polar surface area (TPSA) is 21.3 Å². The predicted octanol–water partition coefficient (Wildman–Crippen LogP) is 3.49. The van der Waals surface area contributed by atoms with Crippen LogP contribution in [0.4, 0.5) is 4.39 Å². The quantitative estimate of drug-likeness (QED) is 0.844. The lowest BCUT2D eigenvalue weighted by Crippen LogP contribution is -2.30. The van der Waals surface area contributed by atoms with Crippen molar-refractivity contribution in [3.8, 4) is 5.75 Å². The van der Waals surface area contributed by atoms with Gasteiger partial charge in [-0.15, -0.1) is 0 Å². The molecular weight excluding hydrogens is 241 g/mol. The Morgan fingerprint density at radius 2 is 2.06 bits per heavy atom. The van der Waals surface area contributed by atoms with Gasteiger partial charge in [-0.1, -0.05) is 38.4 Å². The van der Waals surface area contributed by atoms with Crippen molar-refractivity contribution in [2.75, 3.05) is 13.2 Å². The molecule has 1 aromatic carbocycles. The highest BCUT2D eigenvalue weighted by atomic mass is 35.5. The van der Waals surface area contributed by atoms with Gasteiger partial charge in [-0.05, 0) is 12.1 Å². The first-order valence-electron chi connectivity index (χ1n) is 5.81. The van der Waals surface area contributed by atoms with Crippen LogP contribution in [-0.4, -0.2) is 19.2 Å². The van der Waals surface area contributed by atoms with Crippen LogP contribution >= 0.6 is 11.6 Å². The Kier molecular flexibility index (Phi) is 5.72. The summed E-state index contributed by atoms with van der Waals surface area (Å²) in [6, 6.07) is 4.97. The minimum Gasteiger partial charge on any atom is -0.489 e. The zero-order valence-corrected chi connectivity index (χ0v) is 11.2. The van der Waals surface area contributed by atoms with Gasteiger partial charge in [-0.2, -0.15) is 0 Å². The molecule has 2 nitrogen and oxygen atoms in total. The number of hydrogen-bond acceptors (Lipinski definition) is 2. The number of ether oxygens (including phenoxy) is 1. The highest BCUT2D eigenvalue weighted by Crippen LogP contribution is 2.27. The molecule has 17 heavy (non-hydrogen) atoms. The van der Waals surface area contributed by atoms with Gasteiger partial charge >= 0.3 is 0 Å². The van der Waals surface area contributed by atoms with Crippen LogP contribution in [0.5, 0.6) is 5.75 Å². The van der Waals surface area contributed by atoms with Crippen LogP contribution in [0.25, 0.3) is 0 Å². The van der Waals surface area contributed by atoms with E-state index >= 15 is 0 Å². The van der Waals surface area contributed by atoms with Gasteiger partial charge in [-0.3, -0.25) is 0 Å². The monoisotopic (exact) mass is 259 g/mol. The second kappa shape index (κ2) is 6.82. The number of halogens is 2. The Morgan fingerprint density at radius 3 is 2.65 bits per heavy atom. The Morgan fingerprint density at radius 1 is 1.35 bits per heavy atom. The van der Waals surface area contributed by atoms with E-state index < -0.39 is 5.82 Å². The summed E-state index contributed by atoms with van der Waals surface area (Å²) in [7, 11) is 0. The second-order valence-electron chi connectivity index (χ2n) is 4.53. The standard InChI is InChI=1S/C13H19ClFNO/c1-9(2)16-7-10(3)8-17-13-11(14)5-4-6-12(13)15/h4-6,9-10,16H,7-8H2,1-3H3. The van der Waals surface area contributed by atoms with Crippen LogP contribution in [0.2, 0.25) is 5.02 Å². The van der Waals surface area contributed by atoms with Gasteiger partial charge in [0.2, 0.25) is 0 Å². The fourth-order valence-corrected chi connectivity index (χ4v) is 1.56. The van der Waals surface area contributed by atoms with Crippen LogP contribution in [0, 0.1) is 11.7 Å². The van der Waals surface area contributed by atoms with E-state index in [1.165, 1.54) is 6.07 Å². The fraction of sp³-hybridized carbons (Fsp3) is 0.538. The minimum atomic E-state index is -0.415. The van der Waals surface area contributed by atoms with Crippen molar-refractivity contribution in [2.45, 2.75) is 26.8 Å². The van der Waals surface area contributed by atoms with Gasteiger partial charge < -0.3 is 10.1 Å². The van der Waals surface area contributed by atoms with Gasteiger partial charge in [-0.25, -0.2) is 4.39 Å². The van der Waals surface area contributed by atoms with Gasteiger partial charge in [0.1, 0.15) is 0 Å². The van der Waals surface area contributed by atoms with E-state index in [1.54, 1.807) is 12.1 Å². The van der Waals surface area contributed by atoms with Crippen LogP contribution in [0.1, 0.15) is 20.8 Å². The summed E-state index contributed by atoms with van der Waals surface area (Å²) in [4.78, 5) is 0. The van der Waals surface area contributed by atoms with E-state index in [-0.39, 0.29) is 5.75 Å². The molecule has 1 unspecified atom stereocenters. The normalized spacial score (nSPS) is 12.8. The molecule has 0 aliphatic heterocycles. The molecule has 4 heteroatoms. The third-order valence-electron chi connectivity index (χ3n) is 2.31. The zero-order valence-electron chi connectivity index (χ0n) is 10.5. The zero-order chi connectivity index (χ0) is 12.8. The minimum absolute atomic E-state index is 0.144. The molecule has 0 aromatic heterocycles. The molecule has 0 amide bonds. The van der Waals surface area contributed by atoms with Crippen LogP contribution in [-0.2, 0) is 0 Å². The summed E-state index contributed by atoms with van der Waals surface area (Å²) < 4.78 is 18.8. The summed E-state index contributed by atoms with van der Waals surface area (Å²) in [5.41, 5.74) is 0. The summed E-state index contributed by atoms with van der Waals surface area (Å²) in [6.07, 6.45) is 0. The smallest absolute Gasteiger partial charge is 0.173 e. The molecule has 0 radical (unpaired) electrons. The predicted molar refractivity (Wildman–Crippen MR) is 69.2 cm³/mol. The molecule has 0 spiro atoms. The highest BCUT2D eigenvalue weighted by molar-refractivity contribution is 6.32. The number of rotatable bonds is 6. The first-order valence-corrected chi connectivity index (χ1v) is 6.18. The second-order valence-corrected chi connectivity index (χ2v) is 4.94. The van der Waals surface area contributed by atoms with Gasteiger partial charge in [0.15, 0.2) is 11.6 Å². The number of hydrogen-bond donors (Lipinski definition) is 1. The van der Waals surface area contributed by atoms with Crippen molar-refractivity contribution in [3.05, 3.63) is 29.0 Å². The van der Waals surface area contributed by atoms with E-state index in [0.717, 1.165) is 6.54 Å². The maximum absolute atomic E-state index is 13.4. The maximum atomic E-state index is 13.4. The van der Waals surface area contributed by atoms with E-state index in [2.05, 4.69) is 19.2 Å². The largest absolute Gasteiger partial charge is 0.489 e. The number of benzene rings is 1. The molecule has 0 saturated heterocycles. The lowest BCUT2D eigenvalue weighted by molar-refractivity contribution is 0.243. The Balaban J connectivity index is 2.44. The molecule has 96 valence electrons. The maximum Gasteiger partial charge on any atom is 0.173 e. The van der Waals surface area contributed by atoms with E-state index in [0.29, 0.717) is 23.6 Å². The van der Waals surface area contributed by atoms with Gasteiger partial charge in [0.05, 0.1) is 11.6 Å². The molecule has 1 aromatic rings. The number of para-hydroxylation sites is 1. The SMILES string of the molecule is CC(CNC(C)C)COc1c(F)cccc1Cl. The van der Waals surface area contributed by atoms with Crippen molar-refractivity contribution in [3.63, 3.8) is 0 Å². The fourth-order valence-electron chi connectivity index (χ4n) is 1.34. The third-order valence-corrected chi connectivity index (χ3v) is 2.60. The summed E-state index contributed by atoms with van der Waals surface area (Å²) >= 11 is 5.86. The molecule has 0 heterocycles. The van der Waals surface area contributed by atoms with Gasteiger partial charge in [0.25, 0.3) is 0 Å². The lowest BCUT2D eigenvalue weighted by atomic mass is 10.2. The van der Waals surface area contributed by atoms with Crippen molar-refractivity contribution >= 4 is 11.6 Å². The molecule has 1 atom stereocenters. The molecule has 0 aliphatic carbocycles. The Bertz CT molecular complexity index is 337. The molecule has 0 fully saturated rings. The third kappa shape index (κ3) is 4.92. The molecular formula is C13H19ClFNO. The molecule has 0 saturated carbocycles. The van der Waals surface area contributed by atoms with E-state index in [1.807, 2.05) is 6.92 Å². The molecule has 0 aliphatic rings. The van der Waals surface area contributed by atoms with Crippen LogP contribution in [0.3, 0.4) is 0 Å². The van der Waals surface area contributed by atoms with Crippen molar-refractivity contribution < 1.29 is 9.13 Å². The molecule has 1 rings (SSSR count). The Hall–Kier alpha value is -0.800. The summed E-state index contributed by atoms with van der Waals surface area (Å²) in [5.74, 6) is 0.0279. The van der Waals surface area contributed by atoms with E-state index in [4.69, 9.17) is 16.3 Å². The van der Waals surface area contributed by atoms with Crippen molar-refractivity contribution in [1.82, 2.24) is 5.32 Å². The van der Waals surface area contributed by atoms with Crippen LogP contribution < -0.4 is 10.1 Å². The van der Waals surface area contributed by atoms with Crippen molar-refractivity contribution in [1.29, 1.82) is 0 Å². The Labute approximate surface area is 107 Å². The summed E-state index contributed by atoms with van der Waals surface area (Å²) in [5, 5.41) is 3.62. The molecule has 0 bridgehead atoms. The van der Waals surface area contributed by atoms with Gasteiger partial charge in [0, 0.05) is 18.5 Å². The highest BCUT2D eigenvalue weighted by Gasteiger charge is 2.10. The lowest BCUT2D eigenvalue weighted by Gasteiger charge is -2.16. The summed E-state index contributed by atoms with van der Waals surface area (Å²) in [6.45, 7) is 7.50. The first-order chi connectivity index (χ1) is 8.00. The average Bonchev–Trinajstić information content (AvgIpc) is 2.25. The average molecular weight is 260 g/mol. The first kappa shape index (κ1) is 14.3. The number of nitrogens with one attached hydrogen (secondary N) is 1. The van der Waals surface area contributed by atoms with Crippen molar-refractivity contribution in [2.24, 2.45) is 5.92 Å². The van der Waals surface area contributed by atoms with Crippen LogP contribution in [0.15, 0.2) is 18.2 Å².